The molecular formula is C13H15N3O2. The van der Waals surface area contributed by atoms with Crippen LogP contribution in [0.1, 0.15) is 5.69 Å². The summed E-state index contributed by atoms with van der Waals surface area (Å²) in [5.41, 5.74) is 0.594. The standard InChI is InChI=1S/C13H15N3O2/c17-10-11-6-7-14-13(16-11)15-8-9-18-12-4-2-1-3-5-12/h1-7,17H,8-10H2,(H,14,15,16). The molecule has 0 radical (unpaired) electrons. The van der Waals surface area contributed by atoms with Crippen LogP contribution in [0.25, 0.3) is 0 Å². The van der Waals surface area contributed by atoms with Crippen molar-refractivity contribution in [3.63, 3.8) is 0 Å². The van der Waals surface area contributed by atoms with E-state index in [4.69, 9.17) is 9.84 Å². The predicted molar refractivity (Wildman–Crippen MR) is 68.4 cm³/mol. The Balaban J connectivity index is 1.75. The van der Waals surface area contributed by atoms with Crippen LogP contribution in [0.4, 0.5) is 5.95 Å². The van der Waals surface area contributed by atoms with Crippen molar-refractivity contribution in [1.82, 2.24) is 9.97 Å². The van der Waals surface area contributed by atoms with Crippen LogP contribution < -0.4 is 10.1 Å². The van der Waals surface area contributed by atoms with Crippen molar-refractivity contribution in [2.45, 2.75) is 6.61 Å². The number of anilines is 1. The average Bonchev–Trinajstić information content (AvgIpc) is 2.45. The SMILES string of the molecule is OCc1ccnc(NCCOc2ccccc2)n1. The molecule has 0 aliphatic rings. The number of aromatic nitrogens is 2. The normalized spacial score (nSPS) is 10.1. The van der Waals surface area contributed by atoms with Crippen LogP contribution in [0.15, 0.2) is 42.6 Å². The van der Waals surface area contributed by atoms with Crippen LogP contribution in [0, 0.1) is 0 Å². The number of para-hydroxylation sites is 1. The Morgan fingerprint density at radius 2 is 2.00 bits per heavy atom. The second-order valence-corrected chi connectivity index (χ2v) is 3.62. The summed E-state index contributed by atoms with van der Waals surface area (Å²) in [7, 11) is 0. The van der Waals surface area contributed by atoms with E-state index in [2.05, 4.69) is 15.3 Å². The van der Waals surface area contributed by atoms with Crippen LogP contribution in [0.5, 0.6) is 5.75 Å². The summed E-state index contributed by atoms with van der Waals surface area (Å²) in [6.07, 6.45) is 1.61. The first-order valence-corrected chi connectivity index (χ1v) is 5.73. The third-order valence-electron chi connectivity index (χ3n) is 2.27. The number of ether oxygens (including phenoxy) is 1. The highest BCUT2D eigenvalue weighted by Crippen LogP contribution is 2.07. The predicted octanol–water partition coefficient (Wildman–Crippen LogP) is 1.46. The summed E-state index contributed by atoms with van der Waals surface area (Å²) >= 11 is 0. The molecule has 5 nitrogen and oxygen atoms in total. The highest BCUT2D eigenvalue weighted by Gasteiger charge is 1.97. The molecule has 1 aromatic carbocycles. The van der Waals surface area contributed by atoms with Crippen molar-refractivity contribution in [2.75, 3.05) is 18.5 Å². The number of hydrogen-bond acceptors (Lipinski definition) is 5. The maximum Gasteiger partial charge on any atom is 0.223 e. The molecule has 2 rings (SSSR count). The van der Waals surface area contributed by atoms with Gasteiger partial charge in [-0.2, -0.15) is 0 Å². The molecule has 0 fully saturated rings. The van der Waals surface area contributed by atoms with Gasteiger partial charge in [0.15, 0.2) is 0 Å². The van der Waals surface area contributed by atoms with E-state index in [0.717, 1.165) is 5.75 Å². The zero-order valence-corrected chi connectivity index (χ0v) is 9.91. The number of benzene rings is 1. The van der Waals surface area contributed by atoms with Crippen molar-refractivity contribution in [3.8, 4) is 5.75 Å². The van der Waals surface area contributed by atoms with Gasteiger partial charge in [0, 0.05) is 6.20 Å². The van der Waals surface area contributed by atoms with Crippen molar-refractivity contribution in [3.05, 3.63) is 48.3 Å². The van der Waals surface area contributed by atoms with Crippen molar-refractivity contribution < 1.29 is 9.84 Å². The van der Waals surface area contributed by atoms with Crippen molar-refractivity contribution in [1.29, 1.82) is 0 Å². The van der Waals surface area contributed by atoms with Gasteiger partial charge in [0.2, 0.25) is 5.95 Å². The van der Waals surface area contributed by atoms with E-state index in [1.54, 1.807) is 12.3 Å². The summed E-state index contributed by atoms with van der Waals surface area (Å²) in [5, 5.41) is 12.0. The van der Waals surface area contributed by atoms with Crippen LogP contribution in [-0.2, 0) is 6.61 Å². The van der Waals surface area contributed by atoms with Gasteiger partial charge in [0.25, 0.3) is 0 Å². The van der Waals surface area contributed by atoms with Crippen LogP contribution >= 0.6 is 0 Å². The minimum absolute atomic E-state index is 0.0856. The maximum atomic E-state index is 8.94. The Kier molecular flexibility index (Phi) is 4.49. The largest absolute Gasteiger partial charge is 0.492 e. The van der Waals surface area contributed by atoms with Gasteiger partial charge in [-0.3, -0.25) is 0 Å². The summed E-state index contributed by atoms with van der Waals surface area (Å²) < 4.78 is 5.52. The molecule has 0 aliphatic carbocycles. The van der Waals surface area contributed by atoms with E-state index >= 15 is 0 Å². The molecule has 2 N–H and O–H groups in total. The zero-order chi connectivity index (χ0) is 12.6. The van der Waals surface area contributed by atoms with Gasteiger partial charge in [-0.15, -0.1) is 0 Å². The Morgan fingerprint density at radius 3 is 2.78 bits per heavy atom. The second-order valence-electron chi connectivity index (χ2n) is 3.62. The van der Waals surface area contributed by atoms with Crippen LogP contribution in [0.3, 0.4) is 0 Å². The molecule has 0 saturated carbocycles. The lowest BCUT2D eigenvalue weighted by atomic mass is 10.3. The van der Waals surface area contributed by atoms with E-state index < -0.39 is 0 Å². The minimum atomic E-state index is -0.0856. The lowest BCUT2D eigenvalue weighted by Crippen LogP contribution is -2.13. The van der Waals surface area contributed by atoms with E-state index in [1.807, 2.05) is 30.3 Å². The Bertz CT molecular complexity index is 477. The first-order chi connectivity index (χ1) is 8.88. The summed E-state index contributed by atoms with van der Waals surface area (Å²) in [4.78, 5) is 8.15. The summed E-state index contributed by atoms with van der Waals surface area (Å²) in [6, 6.07) is 11.3. The minimum Gasteiger partial charge on any atom is -0.492 e. The fourth-order valence-corrected chi connectivity index (χ4v) is 1.42. The Labute approximate surface area is 105 Å². The van der Waals surface area contributed by atoms with Gasteiger partial charge in [-0.25, -0.2) is 9.97 Å². The van der Waals surface area contributed by atoms with Gasteiger partial charge >= 0.3 is 0 Å². The number of nitrogens with one attached hydrogen (secondary N) is 1. The van der Waals surface area contributed by atoms with Gasteiger partial charge < -0.3 is 15.2 Å². The molecule has 2 aromatic rings. The smallest absolute Gasteiger partial charge is 0.223 e. The highest BCUT2D eigenvalue weighted by molar-refractivity contribution is 5.25. The van der Waals surface area contributed by atoms with Gasteiger partial charge in [-0.05, 0) is 18.2 Å². The lowest BCUT2D eigenvalue weighted by Gasteiger charge is -2.07. The summed E-state index contributed by atoms with van der Waals surface area (Å²) in [5.74, 6) is 1.34. The number of hydrogen-bond donors (Lipinski definition) is 2. The van der Waals surface area contributed by atoms with Gasteiger partial charge in [-0.1, -0.05) is 18.2 Å². The zero-order valence-electron chi connectivity index (χ0n) is 9.91. The van der Waals surface area contributed by atoms with E-state index in [9.17, 15) is 0 Å². The highest BCUT2D eigenvalue weighted by atomic mass is 16.5. The molecule has 0 aliphatic heterocycles. The molecule has 1 heterocycles. The summed E-state index contributed by atoms with van der Waals surface area (Å²) in [6.45, 7) is 1.04. The molecule has 18 heavy (non-hydrogen) atoms. The average molecular weight is 245 g/mol. The van der Waals surface area contributed by atoms with E-state index in [0.29, 0.717) is 24.8 Å². The fraction of sp³-hybridized carbons (Fsp3) is 0.231. The molecule has 94 valence electrons. The molecule has 0 saturated heterocycles. The molecular weight excluding hydrogens is 230 g/mol. The molecule has 0 spiro atoms. The van der Waals surface area contributed by atoms with Gasteiger partial charge in [0.05, 0.1) is 18.8 Å². The lowest BCUT2D eigenvalue weighted by molar-refractivity contribution is 0.277. The maximum absolute atomic E-state index is 8.94. The molecule has 5 heteroatoms. The Morgan fingerprint density at radius 1 is 1.17 bits per heavy atom. The van der Waals surface area contributed by atoms with E-state index in [-0.39, 0.29) is 6.61 Å². The van der Waals surface area contributed by atoms with Crippen molar-refractivity contribution in [2.24, 2.45) is 0 Å². The van der Waals surface area contributed by atoms with Gasteiger partial charge in [0.1, 0.15) is 12.4 Å². The molecule has 0 atom stereocenters. The van der Waals surface area contributed by atoms with Crippen LogP contribution in [0.2, 0.25) is 0 Å². The number of rotatable bonds is 6. The van der Waals surface area contributed by atoms with E-state index in [1.165, 1.54) is 0 Å². The number of aliphatic hydroxyl groups is 1. The number of nitrogens with zero attached hydrogens (tertiary/aromatic N) is 2. The molecule has 0 unspecified atom stereocenters. The van der Waals surface area contributed by atoms with Crippen molar-refractivity contribution >= 4 is 5.95 Å². The number of aliphatic hydroxyl groups excluding tert-OH is 1. The second kappa shape index (κ2) is 6.56. The monoisotopic (exact) mass is 245 g/mol. The molecule has 1 aromatic heterocycles. The first kappa shape index (κ1) is 12.3. The quantitative estimate of drug-likeness (QED) is 0.754. The van der Waals surface area contributed by atoms with Crippen LogP contribution in [-0.4, -0.2) is 28.2 Å². The first-order valence-electron chi connectivity index (χ1n) is 5.73. The Hall–Kier alpha value is -2.14. The third kappa shape index (κ3) is 3.71. The fourth-order valence-electron chi connectivity index (χ4n) is 1.42. The molecule has 0 bridgehead atoms. The molecule has 0 amide bonds. The third-order valence-corrected chi connectivity index (χ3v) is 2.27. The topological polar surface area (TPSA) is 67.3 Å².